The number of carbonyl (C=O) groups is 1. The predicted molar refractivity (Wildman–Crippen MR) is 83.0 cm³/mol. The van der Waals surface area contributed by atoms with Crippen LogP contribution in [0.15, 0.2) is 59.5 Å². The highest BCUT2D eigenvalue weighted by Gasteiger charge is 2.22. The molecular formula is C16H17NO2S. The lowest BCUT2D eigenvalue weighted by Gasteiger charge is -2.21. The highest BCUT2D eigenvalue weighted by molar-refractivity contribution is 7.98. The molecule has 0 bridgehead atoms. The molecule has 0 aliphatic rings. The second kappa shape index (κ2) is 6.59. The maximum absolute atomic E-state index is 12.3. The molecule has 0 aliphatic carbocycles. The first kappa shape index (κ1) is 14.6. The molecule has 1 N–H and O–H groups in total. The lowest BCUT2D eigenvalue weighted by Crippen LogP contribution is -2.31. The second-order valence-corrected chi connectivity index (χ2v) is 5.29. The van der Waals surface area contributed by atoms with Gasteiger partial charge in [-0.2, -0.15) is 0 Å². The number of aliphatic hydroxyl groups is 1. The standard InChI is InChI=1S/C16H17NO2S/c1-17(13-9-6-10-14(11-13)20-2)16(19)15(18)12-7-4-3-5-8-12/h3-11,15,18H,1-2H3. The van der Waals surface area contributed by atoms with Crippen molar-refractivity contribution in [3.8, 4) is 0 Å². The van der Waals surface area contributed by atoms with Crippen LogP contribution in [0.5, 0.6) is 0 Å². The van der Waals surface area contributed by atoms with E-state index in [0.717, 1.165) is 10.6 Å². The maximum atomic E-state index is 12.3. The van der Waals surface area contributed by atoms with Gasteiger partial charge in [-0.05, 0) is 30.0 Å². The number of hydrogen-bond acceptors (Lipinski definition) is 3. The first-order chi connectivity index (χ1) is 9.63. The summed E-state index contributed by atoms with van der Waals surface area (Å²) in [6, 6.07) is 16.6. The Morgan fingerprint density at radius 2 is 1.85 bits per heavy atom. The van der Waals surface area contributed by atoms with Crippen molar-refractivity contribution in [1.29, 1.82) is 0 Å². The maximum Gasteiger partial charge on any atom is 0.260 e. The topological polar surface area (TPSA) is 40.5 Å². The first-order valence-corrected chi connectivity index (χ1v) is 7.50. The molecule has 0 aliphatic heterocycles. The molecule has 0 radical (unpaired) electrons. The minimum atomic E-state index is -1.14. The van der Waals surface area contributed by atoms with Crippen molar-refractivity contribution in [1.82, 2.24) is 0 Å². The number of thioether (sulfide) groups is 1. The molecule has 20 heavy (non-hydrogen) atoms. The molecule has 1 amide bonds. The van der Waals surface area contributed by atoms with Crippen LogP contribution >= 0.6 is 11.8 Å². The third kappa shape index (κ3) is 3.21. The normalized spacial score (nSPS) is 11.9. The van der Waals surface area contributed by atoms with Gasteiger partial charge >= 0.3 is 0 Å². The van der Waals surface area contributed by atoms with Gasteiger partial charge in [0.1, 0.15) is 0 Å². The van der Waals surface area contributed by atoms with Crippen molar-refractivity contribution in [2.45, 2.75) is 11.0 Å². The predicted octanol–water partition coefficient (Wildman–Crippen LogP) is 3.10. The third-order valence-corrected chi connectivity index (χ3v) is 3.85. The fourth-order valence-electron chi connectivity index (χ4n) is 1.91. The van der Waals surface area contributed by atoms with Crippen LogP contribution in [-0.4, -0.2) is 24.3 Å². The molecule has 3 nitrogen and oxygen atoms in total. The van der Waals surface area contributed by atoms with E-state index in [9.17, 15) is 9.90 Å². The molecule has 1 atom stereocenters. The van der Waals surface area contributed by atoms with Crippen molar-refractivity contribution in [3.63, 3.8) is 0 Å². The molecule has 104 valence electrons. The third-order valence-electron chi connectivity index (χ3n) is 3.12. The molecule has 0 saturated carbocycles. The fraction of sp³-hybridized carbons (Fsp3) is 0.188. The number of rotatable bonds is 4. The average molecular weight is 287 g/mol. The molecule has 0 fully saturated rings. The van der Waals surface area contributed by atoms with Crippen LogP contribution in [0.4, 0.5) is 5.69 Å². The Morgan fingerprint density at radius 1 is 1.15 bits per heavy atom. The summed E-state index contributed by atoms with van der Waals surface area (Å²) < 4.78 is 0. The minimum absolute atomic E-state index is 0.338. The first-order valence-electron chi connectivity index (χ1n) is 6.28. The van der Waals surface area contributed by atoms with Crippen molar-refractivity contribution in [2.75, 3.05) is 18.2 Å². The van der Waals surface area contributed by atoms with Crippen LogP contribution in [0.1, 0.15) is 11.7 Å². The number of aliphatic hydroxyl groups excluding tert-OH is 1. The number of amides is 1. The highest BCUT2D eigenvalue weighted by atomic mass is 32.2. The molecule has 4 heteroatoms. The summed E-state index contributed by atoms with van der Waals surface area (Å²) in [6.07, 6.45) is 0.846. The Morgan fingerprint density at radius 3 is 2.50 bits per heavy atom. The highest BCUT2D eigenvalue weighted by Crippen LogP contribution is 2.24. The van der Waals surface area contributed by atoms with Crippen molar-refractivity contribution in [3.05, 3.63) is 60.2 Å². The Labute approximate surface area is 123 Å². The van der Waals surface area contributed by atoms with Gasteiger partial charge in [-0.25, -0.2) is 0 Å². The lowest BCUT2D eigenvalue weighted by atomic mass is 10.1. The zero-order chi connectivity index (χ0) is 14.5. The smallest absolute Gasteiger partial charge is 0.260 e. The second-order valence-electron chi connectivity index (χ2n) is 4.41. The summed E-state index contributed by atoms with van der Waals surface area (Å²) in [5.74, 6) is -0.338. The molecule has 2 aromatic carbocycles. The van der Waals surface area contributed by atoms with Gasteiger partial charge in [0.15, 0.2) is 6.10 Å². The zero-order valence-electron chi connectivity index (χ0n) is 11.5. The summed E-state index contributed by atoms with van der Waals surface area (Å²) >= 11 is 1.62. The van der Waals surface area contributed by atoms with Crippen molar-refractivity contribution < 1.29 is 9.90 Å². The average Bonchev–Trinajstić information content (AvgIpc) is 2.53. The van der Waals surface area contributed by atoms with Crippen LogP contribution < -0.4 is 4.90 Å². The van der Waals surface area contributed by atoms with Gasteiger partial charge in [0.2, 0.25) is 0 Å². The van der Waals surface area contributed by atoms with Gasteiger partial charge in [-0.15, -0.1) is 11.8 Å². The van der Waals surface area contributed by atoms with E-state index in [-0.39, 0.29) is 5.91 Å². The van der Waals surface area contributed by atoms with E-state index >= 15 is 0 Å². The number of hydrogen-bond donors (Lipinski definition) is 1. The van der Waals surface area contributed by atoms with Gasteiger partial charge in [-0.1, -0.05) is 36.4 Å². The number of benzene rings is 2. The van der Waals surface area contributed by atoms with E-state index in [2.05, 4.69) is 0 Å². The van der Waals surface area contributed by atoms with Gasteiger partial charge in [0.25, 0.3) is 5.91 Å². The van der Waals surface area contributed by atoms with Crippen LogP contribution in [0, 0.1) is 0 Å². The van der Waals surface area contributed by atoms with Crippen LogP contribution in [-0.2, 0) is 4.79 Å². The minimum Gasteiger partial charge on any atom is -0.378 e. The van der Waals surface area contributed by atoms with E-state index in [4.69, 9.17) is 0 Å². The van der Waals surface area contributed by atoms with Gasteiger partial charge < -0.3 is 10.0 Å². The Hall–Kier alpha value is -1.78. The fourth-order valence-corrected chi connectivity index (χ4v) is 2.36. The largest absolute Gasteiger partial charge is 0.378 e. The van der Waals surface area contributed by atoms with E-state index in [1.807, 2.05) is 36.6 Å². The Balaban J connectivity index is 2.19. The summed E-state index contributed by atoms with van der Waals surface area (Å²) in [4.78, 5) is 14.9. The lowest BCUT2D eigenvalue weighted by molar-refractivity contribution is -0.126. The van der Waals surface area contributed by atoms with Gasteiger partial charge in [-0.3, -0.25) is 4.79 Å². The number of likely N-dealkylation sites (N-methyl/N-ethyl adjacent to an activating group) is 1. The van der Waals surface area contributed by atoms with E-state index in [0.29, 0.717) is 5.56 Å². The summed E-state index contributed by atoms with van der Waals surface area (Å²) in [5.41, 5.74) is 1.38. The summed E-state index contributed by atoms with van der Waals surface area (Å²) in [7, 11) is 1.67. The molecule has 0 aromatic heterocycles. The van der Waals surface area contributed by atoms with Crippen molar-refractivity contribution in [2.24, 2.45) is 0 Å². The van der Waals surface area contributed by atoms with Crippen molar-refractivity contribution >= 4 is 23.4 Å². The summed E-state index contributed by atoms with van der Waals surface area (Å²) in [6.45, 7) is 0. The molecule has 0 heterocycles. The van der Waals surface area contributed by atoms with Crippen LogP contribution in [0.25, 0.3) is 0 Å². The molecule has 0 spiro atoms. The number of nitrogens with zero attached hydrogens (tertiary/aromatic N) is 1. The number of anilines is 1. The molecule has 1 unspecified atom stereocenters. The van der Waals surface area contributed by atoms with E-state index in [1.54, 1.807) is 43.1 Å². The monoisotopic (exact) mass is 287 g/mol. The Bertz CT molecular complexity index is 586. The molecule has 2 aromatic rings. The van der Waals surface area contributed by atoms with E-state index < -0.39 is 6.10 Å². The van der Waals surface area contributed by atoms with Crippen LogP contribution in [0.3, 0.4) is 0 Å². The van der Waals surface area contributed by atoms with E-state index in [1.165, 1.54) is 4.90 Å². The van der Waals surface area contributed by atoms with Gasteiger partial charge in [0.05, 0.1) is 0 Å². The quantitative estimate of drug-likeness (QED) is 0.878. The van der Waals surface area contributed by atoms with Crippen LogP contribution in [0.2, 0.25) is 0 Å². The zero-order valence-corrected chi connectivity index (χ0v) is 12.3. The Kier molecular flexibility index (Phi) is 4.82. The number of carbonyl (C=O) groups excluding carboxylic acids is 1. The SMILES string of the molecule is CSc1cccc(N(C)C(=O)C(O)c2ccccc2)c1. The molecular weight excluding hydrogens is 270 g/mol. The summed E-state index contributed by atoms with van der Waals surface area (Å²) in [5, 5.41) is 10.2. The molecule has 0 saturated heterocycles. The molecule has 2 rings (SSSR count). The van der Waals surface area contributed by atoms with Gasteiger partial charge in [0, 0.05) is 17.6 Å².